The van der Waals surface area contributed by atoms with Crippen molar-refractivity contribution in [1.82, 2.24) is 10.2 Å². The summed E-state index contributed by atoms with van der Waals surface area (Å²) in [6, 6.07) is 24.8. The second-order valence-corrected chi connectivity index (χ2v) is 10.3. The van der Waals surface area contributed by atoms with Crippen molar-refractivity contribution >= 4 is 35.2 Å². The van der Waals surface area contributed by atoms with Crippen molar-refractivity contribution in [2.24, 2.45) is 0 Å². The van der Waals surface area contributed by atoms with Gasteiger partial charge in [-0.15, -0.1) is 11.8 Å². The lowest BCUT2D eigenvalue weighted by Crippen LogP contribution is -2.52. The molecule has 0 fully saturated rings. The topological polar surface area (TPSA) is 49.4 Å². The van der Waals surface area contributed by atoms with Gasteiger partial charge in [-0.25, -0.2) is 0 Å². The van der Waals surface area contributed by atoms with E-state index >= 15 is 0 Å². The quantitative estimate of drug-likeness (QED) is 0.309. The van der Waals surface area contributed by atoms with Gasteiger partial charge in [0, 0.05) is 28.9 Å². The molecule has 184 valence electrons. The van der Waals surface area contributed by atoms with Crippen LogP contribution in [0.3, 0.4) is 0 Å². The molecule has 3 rings (SSSR count). The maximum absolute atomic E-state index is 13.7. The third kappa shape index (κ3) is 8.44. The molecular formula is C29H33ClN2O2S. The van der Waals surface area contributed by atoms with Crippen molar-refractivity contribution in [3.63, 3.8) is 0 Å². The van der Waals surface area contributed by atoms with E-state index in [1.165, 1.54) is 11.8 Å². The second kappa shape index (κ2) is 13.4. The monoisotopic (exact) mass is 508 g/mol. The van der Waals surface area contributed by atoms with E-state index in [0.29, 0.717) is 18.0 Å². The zero-order valence-electron chi connectivity index (χ0n) is 20.5. The van der Waals surface area contributed by atoms with E-state index in [0.717, 1.165) is 28.0 Å². The Hall–Kier alpha value is -2.76. The predicted molar refractivity (Wildman–Crippen MR) is 146 cm³/mol. The van der Waals surface area contributed by atoms with Crippen molar-refractivity contribution in [3.05, 3.63) is 101 Å². The van der Waals surface area contributed by atoms with Crippen LogP contribution in [0, 0.1) is 6.92 Å². The molecule has 3 aromatic rings. The molecule has 2 atom stereocenters. The van der Waals surface area contributed by atoms with E-state index in [4.69, 9.17) is 11.6 Å². The van der Waals surface area contributed by atoms with Crippen molar-refractivity contribution in [1.29, 1.82) is 0 Å². The first-order valence-corrected chi connectivity index (χ1v) is 13.3. The normalized spacial score (nSPS) is 12.6. The highest BCUT2D eigenvalue weighted by atomic mass is 35.5. The van der Waals surface area contributed by atoms with Gasteiger partial charge in [0.25, 0.3) is 0 Å². The molecule has 1 N–H and O–H groups in total. The van der Waals surface area contributed by atoms with E-state index < -0.39 is 6.04 Å². The first-order chi connectivity index (χ1) is 16.9. The van der Waals surface area contributed by atoms with Gasteiger partial charge in [-0.3, -0.25) is 9.59 Å². The lowest BCUT2D eigenvalue weighted by molar-refractivity contribution is -0.139. The fourth-order valence-corrected chi connectivity index (χ4v) is 4.67. The third-order valence-corrected chi connectivity index (χ3v) is 7.13. The first kappa shape index (κ1) is 26.8. The molecule has 2 amide bonds. The maximum Gasteiger partial charge on any atom is 0.243 e. The number of hydrogen-bond donors (Lipinski definition) is 1. The van der Waals surface area contributed by atoms with Crippen LogP contribution >= 0.6 is 23.4 Å². The van der Waals surface area contributed by atoms with E-state index in [-0.39, 0.29) is 23.6 Å². The van der Waals surface area contributed by atoms with Crippen LogP contribution in [0.5, 0.6) is 0 Å². The third-order valence-electron chi connectivity index (χ3n) is 5.88. The first-order valence-electron chi connectivity index (χ1n) is 11.9. The molecule has 0 saturated heterocycles. The molecule has 0 bridgehead atoms. The highest BCUT2D eigenvalue weighted by Crippen LogP contribution is 2.23. The number of aryl methyl sites for hydroxylation is 1. The number of hydrogen-bond acceptors (Lipinski definition) is 3. The lowest BCUT2D eigenvalue weighted by Gasteiger charge is -2.32. The molecule has 0 aliphatic carbocycles. The van der Waals surface area contributed by atoms with E-state index in [2.05, 4.69) is 11.4 Å². The van der Waals surface area contributed by atoms with Crippen LogP contribution in [0.1, 0.15) is 37.0 Å². The molecule has 0 radical (unpaired) electrons. The van der Waals surface area contributed by atoms with E-state index in [9.17, 15) is 9.59 Å². The van der Waals surface area contributed by atoms with Gasteiger partial charge in [-0.05, 0) is 55.7 Å². The fraction of sp³-hybridized carbons (Fsp3) is 0.310. The Balaban J connectivity index is 1.90. The van der Waals surface area contributed by atoms with Crippen molar-refractivity contribution in [2.45, 2.75) is 57.1 Å². The SMILES string of the molecule is CC[C@H](C)NC(=O)[C@H](Cc1ccccc1)N(Cc1cccc(C)c1)C(=O)CSc1ccc(Cl)cc1. The van der Waals surface area contributed by atoms with Crippen LogP contribution in [0.15, 0.2) is 83.8 Å². The number of nitrogens with zero attached hydrogens (tertiary/aromatic N) is 1. The van der Waals surface area contributed by atoms with Gasteiger partial charge in [0.2, 0.25) is 11.8 Å². The molecular weight excluding hydrogens is 476 g/mol. The molecule has 0 spiro atoms. The van der Waals surface area contributed by atoms with Gasteiger partial charge < -0.3 is 10.2 Å². The average Bonchev–Trinajstić information content (AvgIpc) is 2.86. The highest BCUT2D eigenvalue weighted by Gasteiger charge is 2.31. The number of benzene rings is 3. The number of carbonyl (C=O) groups excluding carboxylic acids is 2. The summed E-state index contributed by atoms with van der Waals surface area (Å²) in [5.41, 5.74) is 3.14. The molecule has 0 aliphatic rings. The summed E-state index contributed by atoms with van der Waals surface area (Å²) in [5, 5.41) is 3.77. The Kier molecular flexibility index (Phi) is 10.2. The van der Waals surface area contributed by atoms with Crippen LogP contribution in [0.25, 0.3) is 0 Å². The molecule has 35 heavy (non-hydrogen) atoms. The highest BCUT2D eigenvalue weighted by molar-refractivity contribution is 8.00. The molecule has 6 heteroatoms. The van der Waals surface area contributed by atoms with E-state index in [1.807, 2.05) is 93.6 Å². The Bertz CT molecular complexity index is 1110. The zero-order valence-corrected chi connectivity index (χ0v) is 22.1. The van der Waals surface area contributed by atoms with Gasteiger partial charge in [0.15, 0.2) is 0 Å². The largest absolute Gasteiger partial charge is 0.352 e. The van der Waals surface area contributed by atoms with Crippen LogP contribution in [-0.4, -0.2) is 34.6 Å². The maximum atomic E-state index is 13.7. The summed E-state index contributed by atoms with van der Waals surface area (Å²) >= 11 is 7.46. The Morgan fingerprint density at radius 2 is 1.66 bits per heavy atom. The minimum Gasteiger partial charge on any atom is -0.352 e. The Morgan fingerprint density at radius 3 is 2.31 bits per heavy atom. The van der Waals surface area contributed by atoms with Crippen LogP contribution in [0.2, 0.25) is 5.02 Å². The summed E-state index contributed by atoms with van der Waals surface area (Å²) in [4.78, 5) is 29.9. The summed E-state index contributed by atoms with van der Waals surface area (Å²) in [5.74, 6) is 0.0300. The molecule has 0 saturated carbocycles. The number of carbonyl (C=O) groups is 2. The fourth-order valence-electron chi connectivity index (χ4n) is 3.76. The Morgan fingerprint density at radius 1 is 0.971 bits per heavy atom. The van der Waals surface area contributed by atoms with Gasteiger partial charge in [0.05, 0.1) is 5.75 Å². The van der Waals surface area contributed by atoms with Gasteiger partial charge in [0.1, 0.15) is 6.04 Å². The molecule has 0 aromatic heterocycles. The number of amides is 2. The number of nitrogens with one attached hydrogen (secondary N) is 1. The number of halogens is 1. The van der Waals surface area contributed by atoms with Crippen LogP contribution in [0.4, 0.5) is 0 Å². The minimum absolute atomic E-state index is 0.0279. The summed E-state index contributed by atoms with van der Waals surface area (Å²) in [6.07, 6.45) is 1.27. The van der Waals surface area contributed by atoms with Crippen molar-refractivity contribution in [3.8, 4) is 0 Å². The number of rotatable bonds is 11. The molecule has 0 aliphatic heterocycles. The molecule has 0 unspecified atom stereocenters. The zero-order chi connectivity index (χ0) is 25.2. The predicted octanol–water partition coefficient (Wildman–Crippen LogP) is 6.30. The average molecular weight is 509 g/mol. The number of thioether (sulfide) groups is 1. The molecule has 0 heterocycles. The van der Waals surface area contributed by atoms with Crippen LogP contribution in [-0.2, 0) is 22.6 Å². The van der Waals surface area contributed by atoms with Gasteiger partial charge in [-0.1, -0.05) is 78.7 Å². The molecule has 3 aromatic carbocycles. The van der Waals surface area contributed by atoms with Gasteiger partial charge >= 0.3 is 0 Å². The minimum atomic E-state index is -0.620. The van der Waals surface area contributed by atoms with Crippen molar-refractivity contribution < 1.29 is 9.59 Å². The Labute approximate surface area is 218 Å². The van der Waals surface area contributed by atoms with Crippen LogP contribution < -0.4 is 5.32 Å². The summed E-state index contributed by atoms with van der Waals surface area (Å²) < 4.78 is 0. The van der Waals surface area contributed by atoms with Gasteiger partial charge in [-0.2, -0.15) is 0 Å². The lowest BCUT2D eigenvalue weighted by atomic mass is 10.0. The smallest absolute Gasteiger partial charge is 0.243 e. The molecule has 4 nitrogen and oxygen atoms in total. The summed E-state index contributed by atoms with van der Waals surface area (Å²) in [7, 11) is 0. The van der Waals surface area contributed by atoms with E-state index in [1.54, 1.807) is 4.90 Å². The summed E-state index contributed by atoms with van der Waals surface area (Å²) in [6.45, 7) is 6.42. The standard InChI is InChI=1S/C29H33ClN2O2S/c1-4-22(3)31-29(34)27(18-23-10-6-5-7-11-23)32(19-24-12-8-9-21(2)17-24)28(33)20-35-26-15-13-25(30)14-16-26/h5-17,22,27H,4,18-20H2,1-3H3,(H,31,34)/t22-,27-/m0/s1. The van der Waals surface area contributed by atoms with Crippen molar-refractivity contribution in [2.75, 3.05) is 5.75 Å². The second-order valence-electron chi connectivity index (χ2n) is 8.78.